The Balaban J connectivity index is 2.37. The first kappa shape index (κ1) is 10.1. The van der Waals surface area contributed by atoms with E-state index >= 15 is 0 Å². The first-order valence-electron chi connectivity index (χ1n) is 4.60. The summed E-state index contributed by atoms with van der Waals surface area (Å²) >= 11 is 5.88. The number of nitrogens with zero attached hydrogens (tertiary/aromatic N) is 3. The fraction of sp³-hybridized carbons (Fsp3) is 0.200. The molecule has 2 N–H and O–H groups in total. The van der Waals surface area contributed by atoms with Crippen LogP contribution in [0.15, 0.2) is 30.5 Å². The third-order valence-corrected chi connectivity index (χ3v) is 2.29. The zero-order chi connectivity index (χ0) is 10.8. The third-order valence-electron chi connectivity index (χ3n) is 2.05. The van der Waals surface area contributed by atoms with Crippen LogP contribution in [0.5, 0.6) is 0 Å². The van der Waals surface area contributed by atoms with E-state index in [-0.39, 0.29) is 6.04 Å². The number of halogens is 1. The molecule has 2 aromatic rings. The largest absolute Gasteiger partial charge is 0.323 e. The fourth-order valence-electron chi connectivity index (χ4n) is 1.23. The van der Waals surface area contributed by atoms with Gasteiger partial charge in [0.15, 0.2) is 0 Å². The third kappa shape index (κ3) is 2.16. The van der Waals surface area contributed by atoms with E-state index in [0.29, 0.717) is 5.02 Å². The second-order valence-electron chi connectivity index (χ2n) is 3.36. The predicted molar refractivity (Wildman–Crippen MR) is 59.0 cm³/mol. The molecule has 2 rings (SSSR count). The van der Waals surface area contributed by atoms with E-state index in [4.69, 9.17) is 17.3 Å². The average Bonchev–Trinajstić information content (AvgIpc) is 2.66. The van der Waals surface area contributed by atoms with Crippen molar-refractivity contribution in [3.8, 4) is 5.69 Å². The molecule has 0 saturated carbocycles. The Morgan fingerprint density at radius 2 is 2.27 bits per heavy atom. The molecule has 1 atom stereocenters. The van der Waals surface area contributed by atoms with E-state index in [2.05, 4.69) is 10.3 Å². The van der Waals surface area contributed by atoms with Gasteiger partial charge in [0.05, 0.1) is 17.6 Å². The van der Waals surface area contributed by atoms with Gasteiger partial charge in [-0.1, -0.05) is 22.9 Å². The lowest BCUT2D eigenvalue weighted by Crippen LogP contribution is -2.04. The van der Waals surface area contributed by atoms with Crippen LogP contribution in [0.3, 0.4) is 0 Å². The van der Waals surface area contributed by atoms with Gasteiger partial charge in [0, 0.05) is 11.1 Å². The highest BCUT2D eigenvalue weighted by Gasteiger charge is 2.06. The van der Waals surface area contributed by atoms with Crippen molar-refractivity contribution in [2.24, 2.45) is 5.73 Å². The van der Waals surface area contributed by atoms with Gasteiger partial charge in [-0.05, 0) is 25.1 Å². The summed E-state index contributed by atoms with van der Waals surface area (Å²) in [5.41, 5.74) is 7.33. The summed E-state index contributed by atoms with van der Waals surface area (Å²) in [7, 11) is 0. The molecule has 0 fully saturated rings. The van der Waals surface area contributed by atoms with Gasteiger partial charge in [0.25, 0.3) is 0 Å². The monoisotopic (exact) mass is 222 g/mol. The molecule has 0 aliphatic rings. The van der Waals surface area contributed by atoms with Crippen molar-refractivity contribution < 1.29 is 0 Å². The molecular formula is C10H11ClN4. The Morgan fingerprint density at radius 3 is 2.87 bits per heavy atom. The average molecular weight is 223 g/mol. The highest BCUT2D eigenvalue weighted by Crippen LogP contribution is 2.14. The quantitative estimate of drug-likeness (QED) is 0.845. The van der Waals surface area contributed by atoms with E-state index in [9.17, 15) is 0 Å². The Labute approximate surface area is 92.7 Å². The molecule has 1 aromatic heterocycles. The van der Waals surface area contributed by atoms with Crippen LogP contribution >= 0.6 is 11.6 Å². The molecule has 0 amide bonds. The molecule has 4 nitrogen and oxygen atoms in total. The fourth-order valence-corrected chi connectivity index (χ4v) is 1.41. The lowest BCUT2D eigenvalue weighted by molar-refractivity contribution is 0.756. The maximum absolute atomic E-state index is 5.88. The minimum atomic E-state index is -0.113. The van der Waals surface area contributed by atoms with Gasteiger partial charge in [0.1, 0.15) is 0 Å². The van der Waals surface area contributed by atoms with Crippen LogP contribution in [0.25, 0.3) is 5.69 Å². The first-order chi connectivity index (χ1) is 7.16. The highest BCUT2D eigenvalue weighted by molar-refractivity contribution is 6.30. The Hall–Kier alpha value is -1.39. The number of benzene rings is 1. The molecule has 0 bridgehead atoms. The van der Waals surface area contributed by atoms with Crippen LogP contribution in [-0.4, -0.2) is 15.0 Å². The van der Waals surface area contributed by atoms with Gasteiger partial charge < -0.3 is 5.73 Å². The van der Waals surface area contributed by atoms with Crippen molar-refractivity contribution >= 4 is 11.6 Å². The van der Waals surface area contributed by atoms with Crippen LogP contribution in [0.1, 0.15) is 18.7 Å². The van der Waals surface area contributed by atoms with E-state index in [1.165, 1.54) is 0 Å². The summed E-state index contributed by atoms with van der Waals surface area (Å²) in [6.45, 7) is 1.87. The topological polar surface area (TPSA) is 56.7 Å². The van der Waals surface area contributed by atoms with Gasteiger partial charge in [-0.15, -0.1) is 5.10 Å². The maximum atomic E-state index is 5.88. The number of rotatable bonds is 2. The Bertz CT molecular complexity index is 464. The maximum Gasteiger partial charge on any atom is 0.0995 e. The minimum absolute atomic E-state index is 0.113. The molecule has 1 unspecified atom stereocenters. The summed E-state index contributed by atoms with van der Waals surface area (Å²) in [4.78, 5) is 0. The summed E-state index contributed by atoms with van der Waals surface area (Å²) in [5.74, 6) is 0. The van der Waals surface area contributed by atoms with Gasteiger partial charge in [0.2, 0.25) is 0 Å². The molecule has 0 radical (unpaired) electrons. The molecule has 0 aliphatic carbocycles. The van der Waals surface area contributed by atoms with Crippen molar-refractivity contribution in [2.45, 2.75) is 13.0 Å². The molecular weight excluding hydrogens is 212 g/mol. The van der Waals surface area contributed by atoms with Crippen LogP contribution in [-0.2, 0) is 0 Å². The van der Waals surface area contributed by atoms with Crippen LogP contribution < -0.4 is 5.73 Å². The standard InChI is InChI=1S/C10H11ClN4/c1-7(12)10-6-15(14-13-10)9-4-2-3-8(11)5-9/h2-7H,12H2,1H3. The predicted octanol–water partition coefficient (Wildman–Crippen LogP) is 1.94. The van der Waals surface area contributed by atoms with E-state index in [0.717, 1.165) is 11.4 Å². The zero-order valence-corrected chi connectivity index (χ0v) is 9.02. The summed E-state index contributed by atoms with van der Waals surface area (Å²) < 4.78 is 1.66. The highest BCUT2D eigenvalue weighted by atomic mass is 35.5. The molecule has 1 heterocycles. The summed E-state index contributed by atoms with van der Waals surface area (Å²) in [6.07, 6.45) is 1.80. The molecule has 0 saturated heterocycles. The van der Waals surface area contributed by atoms with Crippen LogP contribution in [0, 0.1) is 0 Å². The molecule has 0 spiro atoms. The number of nitrogens with two attached hydrogens (primary N) is 1. The Morgan fingerprint density at radius 1 is 1.47 bits per heavy atom. The first-order valence-corrected chi connectivity index (χ1v) is 4.98. The second kappa shape index (κ2) is 4.00. The van der Waals surface area contributed by atoms with Crippen LogP contribution in [0.2, 0.25) is 5.02 Å². The van der Waals surface area contributed by atoms with Crippen LogP contribution in [0.4, 0.5) is 0 Å². The summed E-state index contributed by atoms with van der Waals surface area (Å²) in [6, 6.07) is 7.30. The van der Waals surface area contributed by atoms with Gasteiger partial charge in [-0.25, -0.2) is 4.68 Å². The lowest BCUT2D eigenvalue weighted by atomic mass is 10.3. The molecule has 1 aromatic carbocycles. The Kier molecular flexibility index (Phi) is 2.70. The normalized spacial score (nSPS) is 12.7. The lowest BCUT2D eigenvalue weighted by Gasteiger charge is -2.00. The molecule has 78 valence electrons. The van der Waals surface area contributed by atoms with Crippen molar-refractivity contribution in [2.75, 3.05) is 0 Å². The minimum Gasteiger partial charge on any atom is -0.323 e. The number of aromatic nitrogens is 3. The van der Waals surface area contributed by atoms with Crippen molar-refractivity contribution in [1.82, 2.24) is 15.0 Å². The summed E-state index contributed by atoms with van der Waals surface area (Å²) in [5, 5.41) is 8.62. The second-order valence-corrected chi connectivity index (χ2v) is 3.79. The van der Waals surface area contributed by atoms with Crippen molar-refractivity contribution in [3.05, 3.63) is 41.2 Å². The zero-order valence-electron chi connectivity index (χ0n) is 8.26. The van der Waals surface area contributed by atoms with Gasteiger partial charge >= 0.3 is 0 Å². The van der Waals surface area contributed by atoms with Gasteiger partial charge in [-0.3, -0.25) is 0 Å². The molecule has 0 aliphatic heterocycles. The molecule has 15 heavy (non-hydrogen) atoms. The van der Waals surface area contributed by atoms with E-state index in [1.807, 2.05) is 31.2 Å². The van der Waals surface area contributed by atoms with E-state index < -0.39 is 0 Å². The molecule has 5 heteroatoms. The number of hydrogen-bond donors (Lipinski definition) is 1. The smallest absolute Gasteiger partial charge is 0.0995 e. The van der Waals surface area contributed by atoms with Gasteiger partial charge in [-0.2, -0.15) is 0 Å². The SMILES string of the molecule is CC(N)c1cn(-c2cccc(Cl)c2)nn1. The van der Waals surface area contributed by atoms with Crippen molar-refractivity contribution in [3.63, 3.8) is 0 Å². The van der Waals surface area contributed by atoms with E-state index in [1.54, 1.807) is 10.9 Å². The van der Waals surface area contributed by atoms with Crippen molar-refractivity contribution in [1.29, 1.82) is 0 Å². The number of hydrogen-bond acceptors (Lipinski definition) is 3.